The predicted octanol–water partition coefficient (Wildman–Crippen LogP) is 2.40. The molecule has 2 N–H and O–H groups in total. The molecule has 0 aliphatic carbocycles. The fourth-order valence-corrected chi connectivity index (χ4v) is 1.29. The van der Waals surface area contributed by atoms with Crippen molar-refractivity contribution in [3.8, 4) is 0 Å². The van der Waals surface area contributed by atoms with Gasteiger partial charge in [0.1, 0.15) is 11.4 Å². The van der Waals surface area contributed by atoms with Crippen LogP contribution in [0.4, 0.5) is 20.2 Å². The van der Waals surface area contributed by atoms with Crippen LogP contribution in [-0.4, -0.2) is 9.91 Å². The topological polar surface area (TPSA) is 82.0 Å². The summed E-state index contributed by atoms with van der Waals surface area (Å²) in [5, 5.41) is 10.6. The Labute approximate surface area is 91.6 Å². The summed E-state index contributed by atoms with van der Waals surface area (Å²) < 4.78 is 24.8. The molecule has 0 spiro atoms. The summed E-state index contributed by atoms with van der Waals surface area (Å²) >= 11 is 2.98. The van der Waals surface area contributed by atoms with Crippen LogP contribution in [0.3, 0.4) is 0 Å². The predicted molar refractivity (Wildman–Crippen MR) is 52.9 cm³/mol. The molecule has 0 fully saturated rings. The van der Waals surface area contributed by atoms with Crippen LogP contribution in [0.15, 0.2) is 6.07 Å². The van der Waals surface area contributed by atoms with E-state index in [0.29, 0.717) is 0 Å². The zero-order chi connectivity index (χ0) is 11.6. The highest BCUT2D eigenvalue weighted by molar-refractivity contribution is 9.08. The summed E-state index contributed by atoms with van der Waals surface area (Å²) in [4.78, 5) is 13.2. The molecule has 0 saturated heterocycles. The van der Waals surface area contributed by atoms with Gasteiger partial charge in [0.05, 0.1) is 10.6 Å². The molecule has 8 heteroatoms. The summed E-state index contributed by atoms with van der Waals surface area (Å²) in [5.41, 5.74) is 3.47. The van der Waals surface area contributed by atoms with Crippen molar-refractivity contribution in [3.63, 3.8) is 0 Å². The molecule has 0 amide bonds. The van der Waals surface area contributed by atoms with E-state index in [9.17, 15) is 18.9 Å². The number of nitrogens with two attached hydrogens (primary N) is 1. The van der Waals surface area contributed by atoms with Crippen molar-refractivity contribution in [1.82, 2.24) is 4.98 Å². The Morgan fingerprint density at radius 3 is 2.67 bits per heavy atom. The average Bonchev–Trinajstić information content (AvgIpc) is 2.17. The highest BCUT2D eigenvalue weighted by Crippen LogP contribution is 2.31. The molecule has 0 aliphatic heterocycles. The molecular weight excluding hydrogens is 276 g/mol. The van der Waals surface area contributed by atoms with Gasteiger partial charge in [-0.2, -0.15) is 0 Å². The molecule has 1 heterocycles. The number of pyridine rings is 1. The van der Waals surface area contributed by atoms with Crippen LogP contribution in [0.2, 0.25) is 0 Å². The van der Waals surface area contributed by atoms with Crippen LogP contribution in [0.5, 0.6) is 0 Å². The van der Waals surface area contributed by atoms with Crippen LogP contribution in [0.25, 0.3) is 0 Å². The van der Waals surface area contributed by atoms with Gasteiger partial charge in [-0.15, -0.1) is 0 Å². The highest BCUT2D eigenvalue weighted by Gasteiger charge is 2.23. The number of hydrogen-bond acceptors (Lipinski definition) is 4. The number of nitrogens with zero attached hydrogens (tertiary/aromatic N) is 2. The number of aromatic nitrogens is 1. The Kier molecular flexibility index (Phi) is 3.51. The second-order valence-electron chi connectivity index (χ2n) is 2.62. The maximum atomic E-state index is 12.4. The van der Waals surface area contributed by atoms with Crippen molar-refractivity contribution in [1.29, 1.82) is 0 Å². The van der Waals surface area contributed by atoms with Crippen molar-refractivity contribution in [2.75, 3.05) is 5.73 Å². The highest BCUT2D eigenvalue weighted by atomic mass is 79.9. The molecule has 0 bridgehead atoms. The van der Waals surface area contributed by atoms with Gasteiger partial charge in [0.15, 0.2) is 0 Å². The monoisotopic (exact) mass is 281 g/mol. The lowest BCUT2D eigenvalue weighted by Crippen LogP contribution is -2.05. The summed E-state index contributed by atoms with van der Waals surface area (Å²) in [6.45, 7) is 0. The number of rotatable bonds is 3. The third kappa shape index (κ3) is 2.38. The largest absolute Gasteiger partial charge is 0.391 e. The Bertz CT molecular complexity index is 400. The third-order valence-electron chi connectivity index (χ3n) is 1.66. The van der Waals surface area contributed by atoms with E-state index in [-0.39, 0.29) is 11.0 Å². The van der Waals surface area contributed by atoms with Crippen molar-refractivity contribution in [2.24, 2.45) is 0 Å². The Balaban J connectivity index is 3.40. The lowest BCUT2D eigenvalue weighted by atomic mass is 10.2. The first-order chi connectivity index (χ1) is 6.97. The molecule has 0 aliphatic rings. The molecule has 15 heavy (non-hydrogen) atoms. The van der Waals surface area contributed by atoms with Gasteiger partial charge in [-0.3, -0.25) is 10.1 Å². The van der Waals surface area contributed by atoms with Crippen LogP contribution < -0.4 is 5.73 Å². The molecule has 0 saturated carbocycles. The van der Waals surface area contributed by atoms with E-state index in [2.05, 4.69) is 20.9 Å². The summed E-state index contributed by atoms with van der Waals surface area (Å²) in [6.07, 6.45) is -2.93. The second kappa shape index (κ2) is 4.47. The van der Waals surface area contributed by atoms with E-state index in [0.717, 1.165) is 6.07 Å². The van der Waals surface area contributed by atoms with E-state index in [4.69, 9.17) is 5.73 Å². The van der Waals surface area contributed by atoms with Gasteiger partial charge in [0, 0.05) is 11.4 Å². The summed E-state index contributed by atoms with van der Waals surface area (Å²) in [6, 6.07) is 1.07. The van der Waals surface area contributed by atoms with Crippen molar-refractivity contribution in [2.45, 2.75) is 11.8 Å². The number of hydrogen-bond donors (Lipinski definition) is 1. The minimum atomic E-state index is -2.93. The molecule has 1 rings (SSSR count). The number of alkyl halides is 3. The van der Waals surface area contributed by atoms with E-state index in [1.807, 2.05) is 0 Å². The standard InChI is InChI=1S/C7H6BrF2N3O2/c8-2-3-1-4(13(14)15)5(11)6(12-3)7(9)10/h1,7H,2,11H2. The third-order valence-corrected chi connectivity index (χ3v) is 2.23. The number of halogens is 3. The van der Waals surface area contributed by atoms with Crippen LogP contribution >= 0.6 is 15.9 Å². The molecule has 0 radical (unpaired) electrons. The van der Waals surface area contributed by atoms with E-state index >= 15 is 0 Å². The number of nitrogen functional groups attached to an aromatic ring is 1. The Hall–Kier alpha value is -1.31. The maximum Gasteiger partial charge on any atom is 0.296 e. The molecule has 1 aromatic rings. The maximum absolute atomic E-state index is 12.4. The lowest BCUT2D eigenvalue weighted by Gasteiger charge is -2.06. The van der Waals surface area contributed by atoms with Crippen molar-refractivity contribution in [3.05, 3.63) is 27.6 Å². The molecule has 82 valence electrons. The summed E-state index contributed by atoms with van der Waals surface area (Å²) in [7, 11) is 0. The normalized spacial score (nSPS) is 10.7. The van der Waals surface area contributed by atoms with Crippen LogP contribution in [0.1, 0.15) is 17.8 Å². The first-order valence-corrected chi connectivity index (χ1v) is 4.87. The van der Waals surface area contributed by atoms with E-state index in [1.165, 1.54) is 0 Å². The fourth-order valence-electron chi connectivity index (χ4n) is 1.000. The SMILES string of the molecule is Nc1c([N+](=O)[O-])cc(CBr)nc1C(F)F. The van der Waals surface area contributed by atoms with Gasteiger partial charge < -0.3 is 5.73 Å². The average molecular weight is 282 g/mol. The number of anilines is 1. The molecule has 0 unspecified atom stereocenters. The smallest absolute Gasteiger partial charge is 0.296 e. The molecule has 5 nitrogen and oxygen atoms in total. The Morgan fingerprint density at radius 1 is 1.67 bits per heavy atom. The molecule has 0 atom stereocenters. The first-order valence-electron chi connectivity index (χ1n) is 3.75. The Morgan fingerprint density at radius 2 is 2.27 bits per heavy atom. The van der Waals surface area contributed by atoms with Gasteiger partial charge in [-0.05, 0) is 0 Å². The molecular formula is C7H6BrF2N3O2. The number of nitro groups is 1. The fraction of sp³-hybridized carbons (Fsp3) is 0.286. The van der Waals surface area contributed by atoms with Crippen molar-refractivity contribution < 1.29 is 13.7 Å². The minimum absolute atomic E-state index is 0.145. The van der Waals surface area contributed by atoms with Crippen LogP contribution in [0, 0.1) is 10.1 Å². The molecule has 0 aromatic carbocycles. The zero-order valence-corrected chi connectivity index (χ0v) is 8.87. The van der Waals surface area contributed by atoms with Gasteiger partial charge in [-0.25, -0.2) is 13.8 Å². The van der Waals surface area contributed by atoms with E-state index in [1.54, 1.807) is 0 Å². The zero-order valence-electron chi connectivity index (χ0n) is 7.28. The van der Waals surface area contributed by atoms with Crippen LogP contribution in [-0.2, 0) is 5.33 Å². The van der Waals surface area contributed by atoms with Gasteiger partial charge in [0.2, 0.25) is 0 Å². The lowest BCUT2D eigenvalue weighted by molar-refractivity contribution is -0.384. The second-order valence-corrected chi connectivity index (χ2v) is 3.18. The summed E-state index contributed by atoms with van der Waals surface area (Å²) in [5.74, 6) is 0. The van der Waals surface area contributed by atoms with E-state index < -0.39 is 28.4 Å². The molecule has 1 aromatic heterocycles. The van der Waals surface area contributed by atoms with Gasteiger partial charge >= 0.3 is 0 Å². The van der Waals surface area contributed by atoms with Crippen molar-refractivity contribution >= 4 is 27.3 Å². The minimum Gasteiger partial charge on any atom is -0.391 e. The quantitative estimate of drug-likeness (QED) is 0.524. The van der Waals surface area contributed by atoms with Gasteiger partial charge in [-0.1, -0.05) is 15.9 Å². The first kappa shape index (κ1) is 11.8. The van der Waals surface area contributed by atoms with Gasteiger partial charge in [0.25, 0.3) is 12.1 Å².